The second kappa shape index (κ2) is 5.95. The molecule has 0 saturated carbocycles. The van der Waals surface area contributed by atoms with E-state index in [0.717, 1.165) is 11.3 Å². The van der Waals surface area contributed by atoms with Crippen molar-refractivity contribution in [3.63, 3.8) is 0 Å². The Morgan fingerprint density at radius 3 is 2.40 bits per heavy atom. The van der Waals surface area contributed by atoms with Gasteiger partial charge in [-0.05, 0) is 29.2 Å². The third-order valence-corrected chi connectivity index (χ3v) is 3.28. The van der Waals surface area contributed by atoms with Crippen molar-refractivity contribution in [1.29, 1.82) is 0 Å². The Kier molecular flexibility index (Phi) is 4.28. The highest BCUT2D eigenvalue weighted by molar-refractivity contribution is 5.46. The molecule has 1 aromatic carbocycles. The topological polar surface area (TPSA) is 34.1 Å². The minimum Gasteiger partial charge on any atom is -0.481 e. The minimum absolute atomic E-state index is 0.186. The Morgan fingerprint density at radius 1 is 1.10 bits per heavy atom. The summed E-state index contributed by atoms with van der Waals surface area (Å²) in [6, 6.07) is 12.5. The van der Waals surface area contributed by atoms with Crippen molar-refractivity contribution < 1.29 is 4.74 Å². The van der Waals surface area contributed by atoms with Gasteiger partial charge in [0.05, 0.1) is 7.11 Å². The molecule has 106 valence electrons. The van der Waals surface area contributed by atoms with Gasteiger partial charge in [-0.2, -0.15) is 0 Å². The third kappa shape index (κ3) is 3.50. The largest absolute Gasteiger partial charge is 0.481 e. The van der Waals surface area contributed by atoms with Crippen LogP contribution in [-0.4, -0.2) is 12.1 Å². The zero-order chi connectivity index (χ0) is 14.6. The van der Waals surface area contributed by atoms with Gasteiger partial charge in [-0.15, -0.1) is 0 Å². The molecule has 0 unspecified atom stereocenters. The maximum Gasteiger partial charge on any atom is 0.218 e. The van der Waals surface area contributed by atoms with E-state index in [1.807, 2.05) is 12.1 Å². The van der Waals surface area contributed by atoms with E-state index in [0.29, 0.717) is 12.4 Å². The van der Waals surface area contributed by atoms with E-state index in [1.165, 1.54) is 5.56 Å². The van der Waals surface area contributed by atoms with Crippen molar-refractivity contribution in [3.05, 3.63) is 53.7 Å². The smallest absolute Gasteiger partial charge is 0.218 e. The minimum atomic E-state index is 0.186. The fourth-order valence-electron chi connectivity index (χ4n) is 2.03. The molecule has 0 amide bonds. The van der Waals surface area contributed by atoms with Gasteiger partial charge in [0, 0.05) is 24.0 Å². The highest BCUT2D eigenvalue weighted by Gasteiger charge is 2.12. The van der Waals surface area contributed by atoms with Gasteiger partial charge >= 0.3 is 0 Å². The first-order valence-electron chi connectivity index (χ1n) is 6.83. The second-order valence-corrected chi connectivity index (χ2v) is 5.85. The number of hydrogen-bond acceptors (Lipinski definition) is 3. The molecule has 0 saturated heterocycles. The average molecular weight is 270 g/mol. The summed E-state index contributed by atoms with van der Waals surface area (Å²) in [6.07, 6.45) is 1.74. The van der Waals surface area contributed by atoms with Crippen LogP contribution in [0.4, 0.5) is 5.69 Å². The molecule has 20 heavy (non-hydrogen) atoms. The van der Waals surface area contributed by atoms with E-state index in [9.17, 15) is 0 Å². The molecule has 1 heterocycles. The maximum atomic E-state index is 5.25. The molecule has 0 spiro atoms. The number of ether oxygens (including phenoxy) is 1. The van der Waals surface area contributed by atoms with Crippen LogP contribution in [0.1, 0.15) is 31.9 Å². The number of aromatic nitrogens is 1. The molecule has 0 atom stereocenters. The number of hydrogen-bond donors (Lipinski definition) is 1. The maximum absolute atomic E-state index is 5.25. The summed E-state index contributed by atoms with van der Waals surface area (Å²) >= 11 is 0. The lowest BCUT2D eigenvalue weighted by Crippen LogP contribution is -2.10. The van der Waals surface area contributed by atoms with Crippen molar-refractivity contribution in [2.24, 2.45) is 0 Å². The molecule has 0 fully saturated rings. The van der Waals surface area contributed by atoms with E-state index in [4.69, 9.17) is 4.74 Å². The van der Waals surface area contributed by atoms with Crippen molar-refractivity contribution >= 4 is 5.69 Å². The number of pyridine rings is 1. The normalized spacial score (nSPS) is 11.2. The predicted molar refractivity (Wildman–Crippen MR) is 83.3 cm³/mol. The van der Waals surface area contributed by atoms with Gasteiger partial charge in [0.2, 0.25) is 5.88 Å². The van der Waals surface area contributed by atoms with Crippen LogP contribution in [0.5, 0.6) is 5.88 Å². The zero-order valence-electron chi connectivity index (χ0n) is 12.6. The highest BCUT2D eigenvalue weighted by atomic mass is 16.5. The lowest BCUT2D eigenvalue weighted by Gasteiger charge is -2.19. The Morgan fingerprint density at radius 2 is 1.80 bits per heavy atom. The molecule has 3 heteroatoms. The molecule has 0 aliphatic heterocycles. The summed E-state index contributed by atoms with van der Waals surface area (Å²) in [5, 5.41) is 3.39. The average Bonchev–Trinajstić information content (AvgIpc) is 2.45. The molecule has 1 aromatic heterocycles. The number of methoxy groups -OCH3 is 1. The number of rotatable bonds is 4. The first kappa shape index (κ1) is 14.4. The molecule has 0 aliphatic carbocycles. The number of nitrogens with zero attached hydrogens (tertiary/aromatic N) is 1. The molecular formula is C17H22N2O. The third-order valence-electron chi connectivity index (χ3n) is 3.28. The van der Waals surface area contributed by atoms with E-state index in [-0.39, 0.29) is 5.41 Å². The number of nitrogens with one attached hydrogen (secondary N) is 1. The lowest BCUT2D eigenvalue weighted by atomic mass is 9.87. The standard InChI is InChI=1S/C17H22N2O/c1-17(2,3)14-7-9-15(10-8-14)19-12-13-6-5-11-18-16(13)20-4/h5-11,19H,12H2,1-4H3. The molecule has 0 aliphatic rings. The highest BCUT2D eigenvalue weighted by Crippen LogP contribution is 2.24. The quantitative estimate of drug-likeness (QED) is 0.911. The van der Waals surface area contributed by atoms with Gasteiger partial charge in [-0.3, -0.25) is 0 Å². The summed E-state index contributed by atoms with van der Waals surface area (Å²) in [6.45, 7) is 7.35. The van der Waals surface area contributed by atoms with E-state index >= 15 is 0 Å². The zero-order valence-corrected chi connectivity index (χ0v) is 12.6. The van der Waals surface area contributed by atoms with Crippen LogP contribution in [0.2, 0.25) is 0 Å². The Bertz CT molecular complexity index is 556. The first-order chi connectivity index (χ1) is 9.50. The SMILES string of the molecule is COc1ncccc1CNc1ccc(C(C)(C)C)cc1. The van der Waals surface area contributed by atoms with Gasteiger partial charge in [0.1, 0.15) is 0 Å². The van der Waals surface area contributed by atoms with Gasteiger partial charge in [-0.1, -0.05) is 39.0 Å². The Labute approximate surface area is 121 Å². The Hall–Kier alpha value is -2.03. The van der Waals surface area contributed by atoms with Gasteiger partial charge in [0.15, 0.2) is 0 Å². The number of benzene rings is 1. The van der Waals surface area contributed by atoms with Gasteiger partial charge < -0.3 is 10.1 Å². The Balaban J connectivity index is 2.04. The van der Waals surface area contributed by atoms with E-state index in [2.05, 4.69) is 55.3 Å². The van der Waals surface area contributed by atoms with Crippen molar-refractivity contribution in [2.75, 3.05) is 12.4 Å². The molecule has 2 rings (SSSR count). The molecular weight excluding hydrogens is 248 g/mol. The van der Waals surface area contributed by atoms with E-state index in [1.54, 1.807) is 13.3 Å². The van der Waals surface area contributed by atoms with Crippen LogP contribution >= 0.6 is 0 Å². The van der Waals surface area contributed by atoms with Crippen LogP contribution in [0.15, 0.2) is 42.6 Å². The van der Waals surface area contributed by atoms with Crippen LogP contribution < -0.4 is 10.1 Å². The summed E-state index contributed by atoms with van der Waals surface area (Å²) in [4.78, 5) is 4.19. The van der Waals surface area contributed by atoms with Crippen LogP contribution in [-0.2, 0) is 12.0 Å². The van der Waals surface area contributed by atoms with Crippen molar-refractivity contribution in [3.8, 4) is 5.88 Å². The van der Waals surface area contributed by atoms with Crippen LogP contribution in [0.25, 0.3) is 0 Å². The molecule has 2 aromatic rings. The summed E-state index contributed by atoms with van der Waals surface area (Å²) in [7, 11) is 1.64. The summed E-state index contributed by atoms with van der Waals surface area (Å²) < 4.78 is 5.25. The molecule has 1 N–H and O–H groups in total. The van der Waals surface area contributed by atoms with Gasteiger partial charge in [-0.25, -0.2) is 4.98 Å². The van der Waals surface area contributed by atoms with Gasteiger partial charge in [0.25, 0.3) is 0 Å². The first-order valence-corrected chi connectivity index (χ1v) is 6.83. The summed E-state index contributed by atoms with van der Waals surface area (Å²) in [5.41, 5.74) is 3.67. The fourth-order valence-corrected chi connectivity index (χ4v) is 2.03. The van der Waals surface area contributed by atoms with E-state index < -0.39 is 0 Å². The monoisotopic (exact) mass is 270 g/mol. The second-order valence-electron chi connectivity index (χ2n) is 5.85. The molecule has 0 bridgehead atoms. The fraction of sp³-hybridized carbons (Fsp3) is 0.353. The van der Waals surface area contributed by atoms with Crippen LogP contribution in [0.3, 0.4) is 0 Å². The molecule has 0 radical (unpaired) electrons. The lowest BCUT2D eigenvalue weighted by molar-refractivity contribution is 0.393. The van der Waals surface area contributed by atoms with Crippen molar-refractivity contribution in [2.45, 2.75) is 32.7 Å². The summed E-state index contributed by atoms with van der Waals surface area (Å²) in [5.74, 6) is 0.673. The van der Waals surface area contributed by atoms with Crippen LogP contribution in [0, 0.1) is 0 Å². The molecule has 3 nitrogen and oxygen atoms in total. The predicted octanol–water partition coefficient (Wildman–Crippen LogP) is 4.00. The van der Waals surface area contributed by atoms with Crippen molar-refractivity contribution in [1.82, 2.24) is 4.98 Å². The number of anilines is 1.